The average Bonchev–Trinajstić information content (AvgIpc) is 3.40. The third-order valence-corrected chi connectivity index (χ3v) is 6.84. The number of amides is 1. The molecule has 0 aromatic carbocycles. The van der Waals surface area contributed by atoms with Crippen LogP contribution >= 0.6 is 0 Å². The fourth-order valence-corrected chi connectivity index (χ4v) is 4.90. The number of nitrogens with zero attached hydrogens (tertiary/aromatic N) is 5. The number of hydrogen-bond donors (Lipinski definition) is 3. The van der Waals surface area contributed by atoms with Crippen LogP contribution in [-0.2, 0) is 17.6 Å². The summed E-state index contributed by atoms with van der Waals surface area (Å²) in [6.07, 6.45) is 9.24. The van der Waals surface area contributed by atoms with Gasteiger partial charge >= 0.3 is 0 Å². The Morgan fingerprint density at radius 1 is 1.12 bits per heavy atom. The van der Waals surface area contributed by atoms with E-state index in [1.165, 1.54) is 31.2 Å². The number of H-pyrrole nitrogens is 1. The predicted molar refractivity (Wildman–Crippen MR) is 126 cm³/mol. The number of pyridine rings is 1. The first-order valence-corrected chi connectivity index (χ1v) is 12.1. The zero-order chi connectivity index (χ0) is 23.1. The van der Waals surface area contributed by atoms with E-state index in [1.54, 1.807) is 0 Å². The molecule has 1 aliphatic heterocycles. The highest BCUT2D eigenvalue weighted by molar-refractivity contribution is 5.96. The number of carbonyl (C=O) groups is 1. The number of anilines is 4. The Kier molecular flexibility index (Phi) is 5.35. The topological polar surface area (TPSA) is 112 Å². The fourth-order valence-electron chi connectivity index (χ4n) is 4.90. The summed E-state index contributed by atoms with van der Waals surface area (Å²) in [7, 11) is 0. The van der Waals surface area contributed by atoms with E-state index >= 15 is 0 Å². The molecule has 10 heteroatoms. The molecule has 2 aliphatic carbocycles. The standard InChI is InChI=1S/C24H27FN8O/c25-20-10-9-15(13-26-20)27-23(34)19-6-1-2-11-33(19)24-28-17-5-3-4-16(17)22(30-24)29-21-12-18(31-32-21)14-7-8-14/h9-10,12-14,19H,1-8,11H2,(H,27,34)(H2,28,29,30,31,32)/t19-/m1/s1. The summed E-state index contributed by atoms with van der Waals surface area (Å²) >= 11 is 0. The van der Waals surface area contributed by atoms with Crippen molar-refractivity contribution in [1.29, 1.82) is 0 Å². The number of aromatic amines is 1. The lowest BCUT2D eigenvalue weighted by Crippen LogP contribution is -2.48. The van der Waals surface area contributed by atoms with Crippen LogP contribution < -0.4 is 15.5 Å². The molecule has 3 aliphatic rings. The summed E-state index contributed by atoms with van der Waals surface area (Å²) in [5, 5.41) is 13.8. The van der Waals surface area contributed by atoms with Crippen molar-refractivity contribution in [3.63, 3.8) is 0 Å². The van der Waals surface area contributed by atoms with Crippen LogP contribution in [0.3, 0.4) is 0 Å². The number of piperidine rings is 1. The molecule has 3 N–H and O–H groups in total. The number of aryl methyl sites for hydroxylation is 1. The van der Waals surface area contributed by atoms with Crippen LogP contribution in [0.1, 0.15) is 61.4 Å². The Hall–Kier alpha value is -3.56. The van der Waals surface area contributed by atoms with Gasteiger partial charge in [0, 0.05) is 29.8 Å². The first-order chi connectivity index (χ1) is 16.6. The first kappa shape index (κ1) is 21.0. The van der Waals surface area contributed by atoms with Crippen LogP contribution in [0.4, 0.5) is 27.7 Å². The second-order valence-electron chi connectivity index (χ2n) is 9.32. The first-order valence-electron chi connectivity index (χ1n) is 12.1. The molecule has 34 heavy (non-hydrogen) atoms. The summed E-state index contributed by atoms with van der Waals surface area (Å²) in [5.74, 6) is 1.96. The molecule has 6 rings (SSSR count). The maximum Gasteiger partial charge on any atom is 0.247 e. The van der Waals surface area contributed by atoms with Gasteiger partial charge in [0.1, 0.15) is 11.9 Å². The van der Waals surface area contributed by atoms with Crippen LogP contribution in [0, 0.1) is 5.95 Å². The van der Waals surface area contributed by atoms with E-state index in [-0.39, 0.29) is 5.91 Å². The molecule has 1 saturated heterocycles. The molecular formula is C24H27FN8O. The molecule has 0 unspecified atom stereocenters. The molecule has 1 amide bonds. The van der Waals surface area contributed by atoms with Crippen LogP contribution in [0.5, 0.6) is 0 Å². The van der Waals surface area contributed by atoms with Crippen molar-refractivity contribution in [2.45, 2.75) is 63.3 Å². The SMILES string of the molecule is O=C(Nc1ccc(F)nc1)[C@H]1CCCCN1c1nc2c(c(Nc3cc(C4CC4)[nH]n3)n1)CCC2. The lowest BCUT2D eigenvalue weighted by atomic mass is 10.0. The largest absolute Gasteiger partial charge is 0.329 e. The van der Waals surface area contributed by atoms with Crippen molar-refractivity contribution in [2.75, 3.05) is 22.1 Å². The van der Waals surface area contributed by atoms with Crippen molar-refractivity contribution >= 4 is 29.2 Å². The van der Waals surface area contributed by atoms with Gasteiger partial charge in [-0.05, 0) is 63.5 Å². The van der Waals surface area contributed by atoms with Crippen molar-refractivity contribution < 1.29 is 9.18 Å². The maximum atomic E-state index is 13.2. The lowest BCUT2D eigenvalue weighted by Gasteiger charge is -2.35. The number of halogens is 1. The van der Waals surface area contributed by atoms with Crippen molar-refractivity contribution in [3.05, 3.63) is 47.3 Å². The second-order valence-corrected chi connectivity index (χ2v) is 9.32. The van der Waals surface area contributed by atoms with Crippen molar-refractivity contribution in [2.24, 2.45) is 0 Å². The number of aromatic nitrogens is 5. The number of carbonyl (C=O) groups excluding carboxylic acids is 1. The third kappa shape index (κ3) is 4.20. The summed E-state index contributed by atoms with van der Waals surface area (Å²) in [6.45, 7) is 0.701. The summed E-state index contributed by atoms with van der Waals surface area (Å²) in [5.41, 5.74) is 3.81. The molecule has 1 saturated carbocycles. The van der Waals surface area contributed by atoms with E-state index in [0.29, 0.717) is 30.5 Å². The molecule has 1 atom stereocenters. The highest BCUT2D eigenvalue weighted by Gasteiger charge is 2.33. The van der Waals surface area contributed by atoms with Gasteiger partial charge in [-0.25, -0.2) is 9.97 Å². The number of nitrogens with one attached hydrogen (secondary N) is 3. The molecule has 4 heterocycles. The van der Waals surface area contributed by atoms with Gasteiger partial charge < -0.3 is 15.5 Å². The maximum absolute atomic E-state index is 13.2. The van der Waals surface area contributed by atoms with Gasteiger partial charge in [-0.15, -0.1) is 0 Å². The summed E-state index contributed by atoms with van der Waals surface area (Å²) in [6, 6.07) is 4.41. The second kappa shape index (κ2) is 8.66. The Labute approximate surface area is 196 Å². The zero-order valence-electron chi connectivity index (χ0n) is 18.9. The van der Waals surface area contributed by atoms with Gasteiger partial charge in [0.05, 0.1) is 17.6 Å². The van der Waals surface area contributed by atoms with Gasteiger partial charge in [0.2, 0.25) is 17.8 Å². The van der Waals surface area contributed by atoms with E-state index in [0.717, 1.165) is 60.7 Å². The number of hydrogen-bond acceptors (Lipinski definition) is 7. The minimum Gasteiger partial charge on any atom is -0.329 e. The quantitative estimate of drug-likeness (QED) is 0.477. The van der Waals surface area contributed by atoms with E-state index in [4.69, 9.17) is 9.97 Å². The van der Waals surface area contributed by atoms with Crippen LogP contribution in [0.2, 0.25) is 0 Å². The van der Waals surface area contributed by atoms with Crippen LogP contribution in [0.15, 0.2) is 24.4 Å². The van der Waals surface area contributed by atoms with Gasteiger partial charge in [-0.2, -0.15) is 14.5 Å². The molecule has 0 bridgehead atoms. The lowest BCUT2D eigenvalue weighted by molar-refractivity contribution is -0.117. The molecule has 0 radical (unpaired) electrons. The Morgan fingerprint density at radius 2 is 2.03 bits per heavy atom. The molecule has 9 nitrogen and oxygen atoms in total. The van der Waals surface area contributed by atoms with E-state index < -0.39 is 12.0 Å². The Balaban J connectivity index is 1.27. The minimum atomic E-state index is -0.579. The normalized spacial score (nSPS) is 19.7. The van der Waals surface area contributed by atoms with E-state index in [1.807, 2.05) is 4.90 Å². The molecule has 2 fully saturated rings. The molecule has 3 aromatic heterocycles. The van der Waals surface area contributed by atoms with E-state index in [2.05, 4.69) is 31.9 Å². The highest BCUT2D eigenvalue weighted by Crippen LogP contribution is 2.40. The minimum absolute atomic E-state index is 0.159. The molecule has 0 spiro atoms. The zero-order valence-corrected chi connectivity index (χ0v) is 18.9. The number of fused-ring (bicyclic) bond motifs is 1. The molecule has 3 aromatic rings. The molecule has 176 valence electrons. The van der Waals surface area contributed by atoms with Crippen LogP contribution in [-0.4, -0.2) is 43.6 Å². The van der Waals surface area contributed by atoms with Crippen molar-refractivity contribution in [3.8, 4) is 0 Å². The summed E-state index contributed by atoms with van der Waals surface area (Å²) < 4.78 is 13.1. The van der Waals surface area contributed by atoms with Gasteiger partial charge in [-0.3, -0.25) is 9.89 Å². The van der Waals surface area contributed by atoms with Gasteiger partial charge in [0.15, 0.2) is 5.82 Å². The Morgan fingerprint density at radius 3 is 2.85 bits per heavy atom. The smallest absolute Gasteiger partial charge is 0.247 e. The summed E-state index contributed by atoms with van der Waals surface area (Å²) in [4.78, 5) is 28.6. The average molecular weight is 463 g/mol. The van der Waals surface area contributed by atoms with Gasteiger partial charge in [-0.1, -0.05) is 0 Å². The van der Waals surface area contributed by atoms with Crippen LogP contribution in [0.25, 0.3) is 0 Å². The predicted octanol–water partition coefficient (Wildman–Crippen LogP) is 3.84. The van der Waals surface area contributed by atoms with E-state index in [9.17, 15) is 9.18 Å². The van der Waals surface area contributed by atoms with Crippen molar-refractivity contribution in [1.82, 2.24) is 25.1 Å². The Bertz CT molecular complexity index is 1210. The number of rotatable bonds is 6. The third-order valence-electron chi connectivity index (χ3n) is 6.84. The molecular weight excluding hydrogens is 435 g/mol. The monoisotopic (exact) mass is 462 g/mol. The van der Waals surface area contributed by atoms with Gasteiger partial charge in [0.25, 0.3) is 0 Å². The highest BCUT2D eigenvalue weighted by atomic mass is 19.1. The fraction of sp³-hybridized carbons (Fsp3) is 0.458.